The van der Waals surface area contributed by atoms with E-state index < -0.39 is 0 Å². The van der Waals surface area contributed by atoms with Crippen molar-refractivity contribution in [3.63, 3.8) is 0 Å². The number of carbonyl (C=O) groups excluding carboxylic acids is 1. The van der Waals surface area contributed by atoms with E-state index in [9.17, 15) is 9.59 Å². The highest BCUT2D eigenvalue weighted by atomic mass is 16.2. The lowest BCUT2D eigenvalue weighted by atomic mass is 10.1. The van der Waals surface area contributed by atoms with Gasteiger partial charge in [-0.15, -0.1) is 0 Å². The third kappa shape index (κ3) is 3.92. The molecule has 0 spiro atoms. The molecule has 0 aliphatic rings. The number of benzene rings is 1. The van der Waals surface area contributed by atoms with Gasteiger partial charge in [-0.3, -0.25) is 19.6 Å². The van der Waals surface area contributed by atoms with Crippen molar-refractivity contribution in [1.82, 2.24) is 19.6 Å². The minimum absolute atomic E-state index is 0.0499. The SMILES string of the molecule is Cc1ccc(CN(C(=O)CC(C)C)c2nc3nc(C)c(C)c(=O)n3[nH]2)cc1. The van der Waals surface area contributed by atoms with Crippen LogP contribution in [-0.2, 0) is 11.3 Å². The first-order chi connectivity index (χ1) is 12.8. The molecule has 0 saturated heterocycles. The molecule has 2 aromatic heterocycles. The summed E-state index contributed by atoms with van der Waals surface area (Å²) in [5.41, 5.74) is 3.14. The van der Waals surface area contributed by atoms with Crippen molar-refractivity contribution < 1.29 is 4.79 Å². The summed E-state index contributed by atoms with van der Waals surface area (Å²) >= 11 is 0. The van der Waals surface area contributed by atoms with Crippen molar-refractivity contribution in [1.29, 1.82) is 0 Å². The van der Waals surface area contributed by atoms with Crippen LogP contribution in [0.2, 0.25) is 0 Å². The number of hydrogen-bond donors (Lipinski definition) is 1. The topological polar surface area (TPSA) is 83.4 Å². The van der Waals surface area contributed by atoms with Gasteiger partial charge in [0, 0.05) is 17.7 Å². The summed E-state index contributed by atoms with van der Waals surface area (Å²) in [6, 6.07) is 8.01. The summed E-state index contributed by atoms with van der Waals surface area (Å²) in [5.74, 6) is 0.763. The number of carbonyl (C=O) groups is 1. The highest BCUT2D eigenvalue weighted by Crippen LogP contribution is 2.17. The van der Waals surface area contributed by atoms with Crippen LogP contribution in [0.3, 0.4) is 0 Å². The Morgan fingerprint density at radius 2 is 1.81 bits per heavy atom. The lowest BCUT2D eigenvalue weighted by molar-refractivity contribution is -0.119. The molecule has 27 heavy (non-hydrogen) atoms. The molecule has 0 bridgehead atoms. The van der Waals surface area contributed by atoms with Crippen LogP contribution in [0.25, 0.3) is 5.78 Å². The number of nitrogens with one attached hydrogen (secondary N) is 1. The fraction of sp³-hybridized carbons (Fsp3) is 0.400. The van der Waals surface area contributed by atoms with Gasteiger partial charge >= 0.3 is 0 Å². The number of aromatic nitrogens is 4. The smallest absolute Gasteiger partial charge is 0.277 e. The highest BCUT2D eigenvalue weighted by molar-refractivity contribution is 5.91. The Morgan fingerprint density at radius 1 is 1.15 bits per heavy atom. The number of fused-ring (bicyclic) bond motifs is 1. The van der Waals surface area contributed by atoms with Gasteiger partial charge in [-0.25, -0.2) is 4.98 Å². The second-order valence-corrected chi connectivity index (χ2v) is 7.37. The van der Waals surface area contributed by atoms with Crippen molar-refractivity contribution >= 4 is 17.6 Å². The van der Waals surface area contributed by atoms with E-state index >= 15 is 0 Å². The van der Waals surface area contributed by atoms with Crippen molar-refractivity contribution in [2.24, 2.45) is 5.92 Å². The lowest BCUT2D eigenvalue weighted by Crippen LogP contribution is -2.32. The van der Waals surface area contributed by atoms with E-state index in [4.69, 9.17) is 0 Å². The van der Waals surface area contributed by atoms with Crippen LogP contribution in [0.5, 0.6) is 0 Å². The fourth-order valence-corrected chi connectivity index (χ4v) is 2.83. The predicted octanol–water partition coefficient (Wildman–Crippen LogP) is 2.92. The minimum Gasteiger partial charge on any atom is -0.277 e. The molecule has 3 aromatic rings. The van der Waals surface area contributed by atoms with Gasteiger partial charge in [0.2, 0.25) is 11.9 Å². The van der Waals surface area contributed by atoms with Gasteiger partial charge in [-0.1, -0.05) is 43.7 Å². The van der Waals surface area contributed by atoms with Crippen LogP contribution in [0.15, 0.2) is 29.1 Å². The molecule has 1 aromatic carbocycles. The number of rotatable bonds is 5. The second-order valence-electron chi connectivity index (χ2n) is 7.37. The van der Waals surface area contributed by atoms with E-state index in [2.05, 4.69) is 15.1 Å². The number of nitrogens with zero attached hydrogens (tertiary/aromatic N) is 4. The van der Waals surface area contributed by atoms with E-state index in [0.717, 1.165) is 11.1 Å². The third-order valence-corrected chi connectivity index (χ3v) is 4.55. The summed E-state index contributed by atoms with van der Waals surface area (Å²) in [6.07, 6.45) is 0.392. The molecule has 1 N–H and O–H groups in total. The van der Waals surface area contributed by atoms with Gasteiger partial charge in [0.1, 0.15) is 0 Å². The summed E-state index contributed by atoms with van der Waals surface area (Å²) < 4.78 is 1.29. The standard InChI is InChI=1S/C20H25N5O2/c1-12(2)10-17(26)24(11-16-8-6-13(3)7-9-16)20-22-19-21-15(5)14(4)18(27)25(19)23-20/h6-9,12H,10-11H2,1-5H3,(H,21,22,23). The number of aryl methyl sites for hydroxylation is 2. The Labute approximate surface area is 158 Å². The minimum atomic E-state index is -0.206. The normalized spacial score (nSPS) is 11.3. The first kappa shape index (κ1) is 18.8. The Bertz CT molecular complexity index is 1030. The van der Waals surface area contributed by atoms with Crippen LogP contribution in [-0.4, -0.2) is 25.5 Å². The predicted molar refractivity (Wildman–Crippen MR) is 105 cm³/mol. The van der Waals surface area contributed by atoms with Gasteiger partial charge in [0.25, 0.3) is 11.3 Å². The molecular formula is C20H25N5O2. The molecule has 0 radical (unpaired) electrons. The van der Waals surface area contributed by atoms with Gasteiger partial charge in [0.05, 0.1) is 6.54 Å². The first-order valence-corrected chi connectivity index (χ1v) is 9.08. The maximum absolute atomic E-state index is 12.9. The molecule has 7 nitrogen and oxygen atoms in total. The van der Waals surface area contributed by atoms with Crippen LogP contribution in [0.1, 0.15) is 42.7 Å². The van der Waals surface area contributed by atoms with Crippen LogP contribution in [0.4, 0.5) is 5.95 Å². The second kappa shape index (κ2) is 7.34. The molecule has 1 amide bonds. The van der Waals surface area contributed by atoms with Crippen molar-refractivity contribution in [2.75, 3.05) is 4.90 Å². The molecule has 0 atom stereocenters. The van der Waals surface area contributed by atoms with E-state index in [1.54, 1.807) is 18.7 Å². The Hall–Kier alpha value is -2.96. The largest absolute Gasteiger partial charge is 0.277 e. The van der Waals surface area contributed by atoms with Gasteiger partial charge in [-0.2, -0.15) is 9.50 Å². The maximum atomic E-state index is 12.9. The van der Waals surface area contributed by atoms with E-state index in [-0.39, 0.29) is 23.2 Å². The Kier molecular flexibility index (Phi) is 5.12. The number of anilines is 1. The lowest BCUT2D eigenvalue weighted by Gasteiger charge is -2.21. The van der Waals surface area contributed by atoms with Crippen molar-refractivity contribution in [3.8, 4) is 0 Å². The average Bonchev–Trinajstić information content (AvgIpc) is 3.02. The van der Waals surface area contributed by atoms with Crippen LogP contribution in [0, 0.1) is 26.7 Å². The Balaban J connectivity index is 2.05. The molecule has 0 fully saturated rings. The van der Waals surface area contributed by atoms with E-state index in [1.165, 1.54) is 4.52 Å². The number of amides is 1. The summed E-state index contributed by atoms with van der Waals surface area (Å²) in [4.78, 5) is 35.7. The van der Waals surface area contributed by atoms with Gasteiger partial charge in [0.15, 0.2) is 0 Å². The summed E-state index contributed by atoms with van der Waals surface area (Å²) in [7, 11) is 0. The van der Waals surface area contributed by atoms with Gasteiger partial charge in [-0.05, 0) is 32.3 Å². The molecule has 2 heterocycles. The van der Waals surface area contributed by atoms with Crippen LogP contribution < -0.4 is 10.5 Å². The zero-order valence-electron chi connectivity index (χ0n) is 16.4. The van der Waals surface area contributed by atoms with E-state index in [0.29, 0.717) is 30.2 Å². The van der Waals surface area contributed by atoms with Crippen molar-refractivity contribution in [2.45, 2.75) is 47.6 Å². The Morgan fingerprint density at radius 3 is 2.44 bits per heavy atom. The number of H-pyrrole nitrogens is 1. The fourth-order valence-electron chi connectivity index (χ4n) is 2.83. The molecule has 142 valence electrons. The molecule has 0 aliphatic carbocycles. The van der Waals surface area contributed by atoms with Crippen LogP contribution >= 0.6 is 0 Å². The first-order valence-electron chi connectivity index (χ1n) is 9.08. The quantitative estimate of drug-likeness (QED) is 0.751. The monoisotopic (exact) mass is 367 g/mol. The average molecular weight is 367 g/mol. The molecule has 0 unspecified atom stereocenters. The molecular weight excluding hydrogens is 342 g/mol. The van der Waals surface area contributed by atoms with Gasteiger partial charge < -0.3 is 0 Å². The molecule has 0 aliphatic heterocycles. The molecule has 3 rings (SSSR count). The number of hydrogen-bond acceptors (Lipinski definition) is 4. The summed E-state index contributed by atoms with van der Waals surface area (Å²) in [5, 5.41) is 2.95. The summed E-state index contributed by atoms with van der Waals surface area (Å²) in [6.45, 7) is 9.90. The highest BCUT2D eigenvalue weighted by Gasteiger charge is 2.22. The number of aromatic amines is 1. The molecule has 7 heteroatoms. The van der Waals surface area contributed by atoms with Crippen molar-refractivity contribution in [3.05, 3.63) is 57.0 Å². The zero-order valence-corrected chi connectivity index (χ0v) is 16.4. The maximum Gasteiger partial charge on any atom is 0.277 e. The molecule has 0 saturated carbocycles. The van der Waals surface area contributed by atoms with E-state index in [1.807, 2.05) is 45.0 Å². The zero-order chi connectivity index (χ0) is 19.7. The third-order valence-electron chi connectivity index (χ3n) is 4.55.